The zero-order valence-electron chi connectivity index (χ0n) is 14.5. The molecule has 0 saturated heterocycles. The molecule has 1 aromatic carbocycles. The Bertz CT molecular complexity index is 810. The summed E-state index contributed by atoms with van der Waals surface area (Å²) >= 11 is 1.57. The molecule has 2 aromatic rings. The average molecular weight is 359 g/mol. The van der Waals surface area contributed by atoms with Crippen LogP contribution in [0.15, 0.2) is 30.3 Å². The molecule has 6 heteroatoms. The van der Waals surface area contributed by atoms with E-state index in [1.54, 1.807) is 42.5 Å². The van der Waals surface area contributed by atoms with E-state index in [0.717, 1.165) is 9.75 Å². The number of ketones is 1. The van der Waals surface area contributed by atoms with E-state index in [1.165, 1.54) is 0 Å². The van der Waals surface area contributed by atoms with E-state index in [0.29, 0.717) is 16.8 Å². The van der Waals surface area contributed by atoms with Gasteiger partial charge in [-0.2, -0.15) is 0 Å². The van der Waals surface area contributed by atoms with E-state index in [2.05, 4.69) is 5.32 Å². The third-order valence-corrected chi connectivity index (χ3v) is 4.93. The summed E-state index contributed by atoms with van der Waals surface area (Å²) in [6.07, 6.45) is 0.236. The van der Waals surface area contributed by atoms with Crippen LogP contribution in [0.2, 0.25) is 0 Å². The minimum absolute atomic E-state index is 0.0368. The van der Waals surface area contributed by atoms with Crippen LogP contribution in [-0.4, -0.2) is 22.8 Å². The predicted molar refractivity (Wildman–Crippen MR) is 98.5 cm³/mol. The smallest absolute Gasteiger partial charge is 0.310 e. The van der Waals surface area contributed by atoms with Crippen molar-refractivity contribution in [3.05, 3.63) is 51.2 Å². The number of benzene rings is 1. The van der Waals surface area contributed by atoms with Gasteiger partial charge in [-0.15, -0.1) is 11.3 Å². The molecule has 1 atom stereocenters. The predicted octanol–water partition coefficient (Wildman–Crippen LogP) is 4.15. The molecule has 1 unspecified atom stereocenters. The van der Waals surface area contributed by atoms with Crippen LogP contribution in [0, 0.1) is 13.8 Å². The standard InChI is InChI=1S/C19H21NO4S/c1-11-9-16(13(3)25-11)17(21)7-8-18(22)20-15-6-4-5-14(10-15)12(2)19(23)24/h4-6,9-10,12H,7-8H2,1-3H3,(H,20,22)(H,23,24). The Morgan fingerprint density at radius 2 is 1.88 bits per heavy atom. The van der Waals surface area contributed by atoms with Gasteiger partial charge in [-0.3, -0.25) is 14.4 Å². The highest BCUT2D eigenvalue weighted by Crippen LogP contribution is 2.23. The molecular weight excluding hydrogens is 338 g/mol. The van der Waals surface area contributed by atoms with Gasteiger partial charge in [-0.25, -0.2) is 0 Å². The van der Waals surface area contributed by atoms with Crippen LogP contribution in [0.4, 0.5) is 5.69 Å². The van der Waals surface area contributed by atoms with Gasteiger partial charge in [0.05, 0.1) is 5.92 Å². The van der Waals surface area contributed by atoms with Gasteiger partial charge in [0, 0.05) is 33.8 Å². The van der Waals surface area contributed by atoms with Gasteiger partial charge in [0.15, 0.2) is 5.78 Å². The first-order chi connectivity index (χ1) is 11.8. The number of aryl methyl sites for hydroxylation is 2. The van der Waals surface area contributed by atoms with E-state index in [1.807, 2.05) is 19.9 Å². The van der Waals surface area contributed by atoms with Gasteiger partial charge in [-0.05, 0) is 44.5 Å². The molecule has 2 N–H and O–H groups in total. The first kappa shape index (κ1) is 18.9. The number of carbonyl (C=O) groups is 3. The number of carboxylic acids is 1. The van der Waals surface area contributed by atoms with Crippen molar-refractivity contribution in [2.45, 2.75) is 39.5 Å². The van der Waals surface area contributed by atoms with Crippen LogP contribution >= 0.6 is 11.3 Å². The summed E-state index contributed by atoms with van der Waals surface area (Å²) in [6, 6.07) is 8.61. The van der Waals surface area contributed by atoms with Gasteiger partial charge in [0.2, 0.25) is 5.91 Å². The molecule has 0 aliphatic carbocycles. The van der Waals surface area contributed by atoms with Crippen molar-refractivity contribution >= 4 is 34.7 Å². The number of thiophene rings is 1. The quantitative estimate of drug-likeness (QED) is 0.727. The summed E-state index contributed by atoms with van der Waals surface area (Å²) in [5, 5.41) is 11.8. The van der Waals surface area contributed by atoms with Crippen molar-refractivity contribution in [1.29, 1.82) is 0 Å². The van der Waals surface area contributed by atoms with Gasteiger partial charge < -0.3 is 10.4 Å². The zero-order chi connectivity index (χ0) is 18.6. The molecule has 2 rings (SSSR count). The van der Waals surface area contributed by atoms with Gasteiger partial charge in [0.1, 0.15) is 0 Å². The zero-order valence-corrected chi connectivity index (χ0v) is 15.3. The minimum atomic E-state index is -0.921. The molecule has 0 spiro atoms. The van der Waals surface area contributed by atoms with Crippen molar-refractivity contribution in [2.75, 3.05) is 5.32 Å². The molecule has 0 saturated carbocycles. The molecule has 25 heavy (non-hydrogen) atoms. The van der Waals surface area contributed by atoms with E-state index in [-0.39, 0.29) is 24.5 Å². The highest BCUT2D eigenvalue weighted by molar-refractivity contribution is 7.12. The highest BCUT2D eigenvalue weighted by Gasteiger charge is 2.16. The SMILES string of the molecule is Cc1cc(C(=O)CCC(=O)Nc2cccc(C(C)C(=O)O)c2)c(C)s1. The fraction of sp³-hybridized carbons (Fsp3) is 0.316. The Morgan fingerprint density at radius 1 is 1.16 bits per heavy atom. The summed E-state index contributed by atoms with van der Waals surface area (Å²) in [5.41, 5.74) is 1.84. The van der Waals surface area contributed by atoms with E-state index in [4.69, 9.17) is 5.11 Å². The lowest BCUT2D eigenvalue weighted by Crippen LogP contribution is -2.14. The van der Waals surface area contributed by atoms with Gasteiger partial charge in [-0.1, -0.05) is 12.1 Å². The van der Waals surface area contributed by atoms with Crippen molar-refractivity contribution in [3.63, 3.8) is 0 Å². The number of hydrogen-bond acceptors (Lipinski definition) is 4. The molecule has 1 heterocycles. The largest absolute Gasteiger partial charge is 0.481 e. The molecule has 0 aliphatic heterocycles. The van der Waals surface area contributed by atoms with E-state index in [9.17, 15) is 14.4 Å². The molecule has 132 valence electrons. The number of Topliss-reactive ketones (excluding diaryl/α,β-unsaturated/α-hetero) is 1. The summed E-state index contributed by atoms with van der Waals surface area (Å²) in [6.45, 7) is 5.44. The number of carbonyl (C=O) groups excluding carboxylic acids is 2. The maximum absolute atomic E-state index is 12.2. The maximum atomic E-state index is 12.2. The fourth-order valence-corrected chi connectivity index (χ4v) is 3.46. The first-order valence-corrected chi connectivity index (χ1v) is 8.82. The highest BCUT2D eigenvalue weighted by atomic mass is 32.1. The Kier molecular flexibility index (Phi) is 6.09. The Labute approximate surface area is 150 Å². The van der Waals surface area contributed by atoms with Gasteiger partial charge in [0.25, 0.3) is 0 Å². The number of nitrogens with one attached hydrogen (secondary N) is 1. The number of carboxylic acid groups (broad SMARTS) is 1. The van der Waals surface area contributed by atoms with Crippen LogP contribution in [0.3, 0.4) is 0 Å². The van der Waals surface area contributed by atoms with Gasteiger partial charge >= 0.3 is 5.97 Å². The van der Waals surface area contributed by atoms with Crippen molar-refractivity contribution in [3.8, 4) is 0 Å². The number of amides is 1. The summed E-state index contributed by atoms with van der Waals surface area (Å²) in [7, 11) is 0. The normalized spacial score (nSPS) is 11.8. The summed E-state index contributed by atoms with van der Waals surface area (Å²) < 4.78 is 0. The second-order valence-electron chi connectivity index (χ2n) is 5.98. The molecule has 0 aliphatic rings. The average Bonchev–Trinajstić information content (AvgIpc) is 2.90. The minimum Gasteiger partial charge on any atom is -0.481 e. The molecular formula is C19H21NO4S. The summed E-state index contributed by atoms with van der Waals surface area (Å²) in [4.78, 5) is 37.4. The number of hydrogen-bond donors (Lipinski definition) is 2. The first-order valence-electron chi connectivity index (χ1n) is 8.00. The third-order valence-electron chi connectivity index (χ3n) is 3.96. The Balaban J connectivity index is 1.94. The molecule has 0 radical (unpaired) electrons. The van der Waals surface area contributed by atoms with E-state index >= 15 is 0 Å². The van der Waals surface area contributed by atoms with Crippen LogP contribution in [-0.2, 0) is 9.59 Å². The number of aliphatic carboxylic acids is 1. The van der Waals surface area contributed by atoms with Crippen LogP contribution in [0.1, 0.15) is 51.4 Å². The summed E-state index contributed by atoms with van der Waals surface area (Å²) in [5.74, 6) is -1.87. The van der Waals surface area contributed by atoms with Crippen LogP contribution in [0.5, 0.6) is 0 Å². The van der Waals surface area contributed by atoms with Crippen molar-refractivity contribution in [2.24, 2.45) is 0 Å². The fourth-order valence-electron chi connectivity index (χ4n) is 2.52. The van der Waals surface area contributed by atoms with Crippen LogP contribution < -0.4 is 5.32 Å². The monoisotopic (exact) mass is 359 g/mol. The van der Waals surface area contributed by atoms with Crippen molar-refractivity contribution < 1.29 is 19.5 Å². The van der Waals surface area contributed by atoms with Crippen molar-refractivity contribution in [1.82, 2.24) is 0 Å². The second kappa shape index (κ2) is 8.07. The third kappa shape index (κ3) is 5.00. The molecule has 0 fully saturated rings. The molecule has 0 bridgehead atoms. The Morgan fingerprint density at radius 3 is 2.48 bits per heavy atom. The lowest BCUT2D eigenvalue weighted by atomic mass is 10.0. The molecule has 1 amide bonds. The second-order valence-corrected chi connectivity index (χ2v) is 7.44. The topological polar surface area (TPSA) is 83.5 Å². The lowest BCUT2D eigenvalue weighted by molar-refractivity contribution is -0.138. The molecule has 5 nitrogen and oxygen atoms in total. The number of rotatable bonds is 7. The van der Waals surface area contributed by atoms with E-state index < -0.39 is 11.9 Å². The Hall–Kier alpha value is -2.47. The maximum Gasteiger partial charge on any atom is 0.310 e. The lowest BCUT2D eigenvalue weighted by Gasteiger charge is -2.10. The molecule has 1 aromatic heterocycles. The number of anilines is 1. The van der Waals surface area contributed by atoms with Crippen LogP contribution in [0.25, 0.3) is 0 Å².